The number of nitrogens with zero attached hydrogens (tertiary/aromatic N) is 1. The van der Waals surface area contributed by atoms with Gasteiger partial charge in [-0.25, -0.2) is 0 Å². The Balaban J connectivity index is 0.00000441. The van der Waals surface area contributed by atoms with Crippen molar-refractivity contribution in [3.8, 4) is 5.75 Å². The van der Waals surface area contributed by atoms with Gasteiger partial charge in [0.1, 0.15) is 5.75 Å². The fraction of sp³-hybridized carbons (Fsp3) is 0.533. The number of nitrogens with two attached hydrogens (primary N) is 1. The van der Waals surface area contributed by atoms with Crippen LogP contribution in [0, 0.1) is 5.41 Å². The summed E-state index contributed by atoms with van der Waals surface area (Å²) in [5, 5.41) is 0.903. The lowest BCUT2D eigenvalue weighted by atomic mass is 9.93. The normalized spacial score (nSPS) is 12.3. The number of hydrogen-bond donors (Lipinski definition) is 1. The highest BCUT2D eigenvalue weighted by Gasteiger charge is 2.25. The molecule has 1 aromatic carbocycles. The van der Waals surface area contributed by atoms with E-state index in [2.05, 4.69) is 0 Å². The molecule has 1 amide bonds. The fourth-order valence-corrected chi connectivity index (χ4v) is 2.36. The van der Waals surface area contributed by atoms with Crippen LogP contribution in [0.4, 0.5) is 0 Å². The lowest BCUT2D eigenvalue weighted by Crippen LogP contribution is -2.44. The molecule has 1 atom stereocenters. The zero-order chi connectivity index (χ0) is 16.2. The summed E-state index contributed by atoms with van der Waals surface area (Å²) in [6.07, 6.45) is -0.637. The SMILES string of the molecule is CC(Oc1ccc(Cl)cc1Cl)C(=O)N(C)CC(C)(C)CN.Cl. The maximum absolute atomic E-state index is 12.3. The summed E-state index contributed by atoms with van der Waals surface area (Å²) in [5.74, 6) is 0.316. The van der Waals surface area contributed by atoms with E-state index in [-0.39, 0.29) is 23.7 Å². The van der Waals surface area contributed by atoms with E-state index in [0.29, 0.717) is 28.9 Å². The van der Waals surface area contributed by atoms with Crippen LogP contribution in [-0.2, 0) is 4.79 Å². The Morgan fingerprint density at radius 1 is 1.41 bits per heavy atom. The van der Waals surface area contributed by atoms with E-state index < -0.39 is 6.10 Å². The van der Waals surface area contributed by atoms with E-state index in [4.69, 9.17) is 33.7 Å². The molecule has 22 heavy (non-hydrogen) atoms. The number of likely N-dealkylation sites (N-methyl/N-ethyl adjacent to an activating group) is 1. The van der Waals surface area contributed by atoms with Gasteiger partial charge in [0.2, 0.25) is 0 Å². The molecule has 2 N–H and O–H groups in total. The lowest BCUT2D eigenvalue weighted by molar-refractivity contribution is -0.137. The molecule has 7 heteroatoms. The highest BCUT2D eigenvalue weighted by molar-refractivity contribution is 6.35. The smallest absolute Gasteiger partial charge is 0.263 e. The monoisotopic (exact) mass is 368 g/mol. The van der Waals surface area contributed by atoms with Crippen LogP contribution in [0.5, 0.6) is 5.75 Å². The van der Waals surface area contributed by atoms with Crippen LogP contribution in [0.25, 0.3) is 0 Å². The summed E-state index contributed by atoms with van der Waals surface area (Å²) in [4.78, 5) is 13.9. The summed E-state index contributed by atoms with van der Waals surface area (Å²) in [6, 6.07) is 4.90. The highest BCUT2D eigenvalue weighted by Crippen LogP contribution is 2.28. The van der Waals surface area contributed by atoms with Gasteiger partial charge in [-0.05, 0) is 37.1 Å². The molecule has 0 bridgehead atoms. The number of amides is 1. The maximum atomic E-state index is 12.3. The van der Waals surface area contributed by atoms with Crippen molar-refractivity contribution < 1.29 is 9.53 Å². The van der Waals surface area contributed by atoms with Crippen LogP contribution in [0.3, 0.4) is 0 Å². The molecule has 126 valence electrons. The molecule has 1 rings (SSSR count). The van der Waals surface area contributed by atoms with Crippen LogP contribution in [0.15, 0.2) is 18.2 Å². The number of rotatable bonds is 6. The molecule has 0 aliphatic heterocycles. The minimum absolute atomic E-state index is 0. The quantitative estimate of drug-likeness (QED) is 0.833. The summed E-state index contributed by atoms with van der Waals surface area (Å²) in [6.45, 7) is 6.78. The first-order valence-corrected chi connectivity index (χ1v) is 7.48. The second-order valence-corrected chi connectivity index (χ2v) is 6.74. The van der Waals surface area contributed by atoms with Crippen molar-refractivity contribution in [2.75, 3.05) is 20.1 Å². The Kier molecular flexibility index (Phi) is 8.55. The van der Waals surface area contributed by atoms with Crippen molar-refractivity contribution >= 4 is 41.5 Å². The predicted molar refractivity (Wildman–Crippen MR) is 94.3 cm³/mol. The van der Waals surface area contributed by atoms with Crippen LogP contribution in [0.2, 0.25) is 10.0 Å². The van der Waals surface area contributed by atoms with Crippen molar-refractivity contribution in [2.24, 2.45) is 11.1 Å². The molecule has 0 radical (unpaired) electrons. The summed E-state index contributed by atoms with van der Waals surface area (Å²) in [5.41, 5.74) is 5.55. The second kappa shape index (κ2) is 8.82. The first-order chi connectivity index (χ1) is 9.66. The molecule has 0 fully saturated rings. The third-order valence-corrected chi connectivity index (χ3v) is 3.67. The Hall–Kier alpha value is -0.680. The molecule has 0 saturated carbocycles. The summed E-state index contributed by atoms with van der Waals surface area (Å²) < 4.78 is 5.62. The average molecular weight is 370 g/mol. The molecule has 0 heterocycles. The Bertz CT molecular complexity index is 510. The molecular formula is C15H23Cl3N2O2. The number of carbonyl (C=O) groups is 1. The second-order valence-electron chi connectivity index (χ2n) is 5.90. The lowest BCUT2D eigenvalue weighted by Gasteiger charge is -2.30. The van der Waals surface area contributed by atoms with Gasteiger partial charge < -0.3 is 15.4 Å². The summed E-state index contributed by atoms with van der Waals surface area (Å²) >= 11 is 11.9. The molecule has 1 unspecified atom stereocenters. The Morgan fingerprint density at radius 3 is 2.50 bits per heavy atom. The van der Waals surface area contributed by atoms with Crippen LogP contribution in [0.1, 0.15) is 20.8 Å². The molecule has 0 spiro atoms. The van der Waals surface area contributed by atoms with Crippen molar-refractivity contribution in [1.29, 1.82) is 0 Å². The average Bonchev–Trinajstić information content (AvgIpc) is 2.40. The molecule has 0 aromatic heterocycles. The van der Waals surface area contributed by atoms with Gasteiger partial charge in [0, 0.05) is 18.6 Å². The van der Waals surface area contributed by atoms with Gasteiger partial charge in [0.05, 0.1) is 5.02 Å². The largest absolute Gasteiger partial charge is 0.479 e. The number of benzene rings is 1. The molecule has 4 nitrogen and oxygen atoms in total. The Morgan fingerprint density at radius 2 is 2.00 bits per heavy atom. The minimum Gasteiger partial charge on any atom is -0.479 e. The van der Waals surface area contributed by atoms with Crippen molar-refractivity contribution in [3.63, 3.8) is 0 Å². The fourth-order valence-electron chi connectivity index (χ4n) is 1.91. The van der Waals surface area contributed by atoms with Crippen LogP contribution >= 0.6 is 35.6 Å². The van der Waals surface area contributed by atoms with Crippen molar-refractivity contribution in [2.45, 2.75) is 26.9 Å². The minimum atomic E-state index is -0.637. The first-order valence-electron chi connectivity index (χ1n) is 6.73. The van der Waals surface area contributed by atoms with E-state index in [1.54, 1.807) is 37.1 Å². The van der Waals surface area contributed by atoms with Gasteiger partial charge in [-0.15, -0.1) is 12.4 Å². The number of hydrogen-bond acceptors (Lipinski definition) is 3. The Labute approximate surface area is 148 Å². The molecular weight excluding hydrogens is 347 g/mol. The van der Waals surface area contributed by atoms with E-state index in [1.165, 1.54) is 0 Å². The highest BCUT2D eigenvalue weighted by atomic mass is 35.5. The molecule has 0 saturated heterocycles. The van der Waals surface area contributed by atoms with Gasteiger partial charge in [0.15, 0.2) is 6.10 Å². The van der Waals surface area contributed by atoms with Gasteiger partial charge >= 0.3 is 0 Å². The maximum Gasteiger partial charge on any atom is 0.263 e. The first kappa shape index (κ1) is 21.3. The third-order valence-electron chi connectivity index (χ3n) is 3.14. The van der Waals surface area contributed by atoms with E-state index in [9.17, 15) is 4.79 Å². The number of halogens is 3. The van der Waals surface area contributed by atoms with E-state index in [0.717, 1.165) is 0 Å². The number of ether oxygens (including phenoxy) is 1. The molecule has 1 aromatic rings. The van der Waals surface area contributed by atoms with Crippen LogP contribution in [-0.4, -0.2) is 37.0 Å². The topological polar surface area (TPSA) is 55.6 Å². The van der Waals surface area contributed by atoms with Gasteiger partial charge in [-0.2, -0.15) is 0 Å². The zero-order valence-electron chi connectivity index (χ0n) is 13.2. The van der Waals surface area contributed by atoms with Gasteiger partial charge in [-0.1, -0.05) is 37.0 Å². The zero-order valence-corrected chi connectivity index (χ0v) is 15.6. The van der Waals surface area contributed by atoms with Crippen molar-refractivity contribution in [1.82, 2.24) is 4.90 Å². The predicted octanol–water partition coefficient (Wildman–Crippen LogP) is 3.63. The van der Waals surface area contributed by atoms with Crippen molar-refractivity contribution in [3.05, 3.63) is 28.2 Å². The van der Waals surface area contributed by atoms with Gasteiger partial charge in [-0.3, -0.25) is 4.79 Å². The third kappa shape index (κ3) is 6.21. The van der Waals surface area contributed by atoms with Crippen LogP contribution < -0.4 is 10.5 Å². The molecule has 0 aliphatic carbocycles. The summed E-state index contributed by atoms with van der Waals surface area (Å²) in [7, 11) is 1.74. The van der Waals surface area contributed by atoms with E-state index in [1.807, 2.05) is 13.8 Å². The standard InChI is InChI=1S/C15H22Cl2N2O2.ClH/c1-10(14(20)19(4)9-15(2,3)8-18)21-13-6-5-11(16)7-12(13)17;/h5-7,10H,8-9,18H2,1-4H3;1H. The van der Waals surface area contributed by atoms with E-state index >= 15 is 0 Å². The van der Waals surface area contributed by atoms with Gasteiger partial charge in [0.25, 0.3) is 5.91 Å². The number of carbonyl (C=O) groups excluding carboxylic acids is 1. The molecule has 0 aliphatic rings.